The van der Waals surface area contributed by atoms with Gasteiger partial charge in [-0.15, -0.1) is 0 Å². The standard InChI is InChI=1S/C22H21N3O5S/c1-28-14-10-13(11-15(12-14)29-2)19-23-20(30-24-19)18(8-9-31-3)25-21(26)16-6-4-5-7-17(16)22(25)27/h4-7,10-12,18H,8-9H2,1-3H3/t18-/m0/s1. The molecule has 0 spiro atoms. The molecule has 0 radical (unpaired) electrons. The van der Waals surface area contributed by atoms with Crippen molar-refractivity contribution in [2.45, 2.75) is 12.5 Å². The van der Waals surface area contributed by atoms with E-state index in [1.54, 1.807) is 68.4 Å². The van der Waals surface area contributed by atoms with Gasteiger partial charge >= 0.3 is 0 Å². The van der Waals surface area contributed by atoms with Gasteiger partial charge in [-0.2, -0.15) is 16.7 Å². The topological polar surface area (TPSA) is 94.8 Å². The molecule has 0 saturated heterocycles. The number of benzene rings is 2. The van der Waals surface area contributed by atoms with E-state index in [1.165, 1.54) is 4.90 Å². The molecule has 0 unspecified atom stereocenters. The Balaban J connectivity index is 1.71. The molecule has 4 rings (SSSR count). The summed E-state index contributed by atoms with van der Waals surface area (Å²) in [5, 5.41) is 4.08. The minimum Gasteiger partial charge on any atom is -0.497 e. The lowest BCUT2D eigenvalue weighted by molar-refractivity contribution is 0.0548. The Morgan fingerprint density at radius 2 is 1.65 bits per heavy atom. The summed E-state index contributed by atoms with van der Waals surface area (Å²) in [5.41, 5.74) is 1.41. The summed E-state index contributed by atoms with van der Waals surface area (Å²) in [6.45, 7) is 0. The third-order valence-electron chi connectivity index (χ3n) is 5.07. The number of ether oxygens (including phenoxy) is 2. The number of fused-ring (bicyclic) bond motifs is 1. The highest BCUT2D eigenvalue weighted by Gasteiger charge is 2.42. The van der Waals surface area contributed by atoms with Gasteiger partial charge in [0.15, 0.2) is 0 Å². The Bertz CT molecular complexity index is 1070. The molecule has 0 aliphatic carbocycles. The lowest BCUT2D eigenvalue weighted by Crippen LogP contribution is -2.34. The van der Waals surface area contributed by atoms with Crippen molar-refractivity contribution in [2.24, 2.45) is 0 Å². The summed E-state index contributed by atoms with van der Waals surface area (Å²) < 4.78 is 16.1. The van der Waals surface area contributed by atoms with Crippen LogP contribution in [-0.4, -0.2) is 53.1 Å². The Morgan fingerprint density at radius 1 is 1.03 bits per heavy atom. The van der Waals surface area contributed by atoms with Gasteiger partial charge < -0.3 is 14.0 Å². The molecule has 1 aromatic heterocycles. The van der Waals surface area contributed by atoms with E-state index < -0.39 is 6.04 Å². The van der Waals surface area contributed by atoms with Gasteiger partial charge in [0.25, 0.3) is 11.8 Å². The summed E-state index contributed by atoms with van der Waals surface area (Å²) >= 11 is 1.61. The fourth-order valence-electron chi connectivity index (χ4n) is 3.51. The van der Waals surface area contributed by atoms with Crippen molar-refractivity contribution < 1.29 is 23.6 Å². The molecule has 0 N–H and O–H groups in total. The van der Waals surface area contributed by atoms with Gasteiger partial charge in [-0.05, 0) is 42.7 Å². The molecule has 1 aliphatic rings. The first kappa shape index (κ1) is 20.9. The molecule has 0 bridgehead atoms. The second-order valence-electron chi connectivity index (χ2n) is 6.88. The van der Waals surface area contributed by atoms with Gasteiger partial charge in [-0.3, -0.25) is 14.5 Å². The normalized spacial score (nSPS) is 14.0. The first-order valence-corrected chi connectivity index (χ1v) is 11.0. The molecule has 2 amide bonds. The molecule has 160 valence electrons. The van der Waals surface area contributed by atoms with Crippen LogP contribution in [0.25, 0.3) is 11.4 Å². The number of thioether (sulfide) groups is 1. The lowest BCUT2D eigenvalue weighted by atomic mass is 10.1. The first-order chi connectivity index (χ1) is 15.1. The second kappa shape index (κ2) is 8.81. The number of carbonyl (C=O) groups is 2. The molecule has 1 atom stereocenters. The van der Waals surface area contributed by atoms with Gasteiger partial charge in [0, 0.05) is 11.6 Å². The summed E-state index contributed by atoms with van der Waals surface area (Å²) in [6.07, 6.45) is 2.46. The number of rotatable bonds is 8. The minimum atomic E-state index is -0.659. The Morgan fingerprint density at radius 3 is 2.19 bits per heavy atom. The van der Waals surface area contributed by atoms with Crippen molar-refractivity contribution in [3.63, 3.8) is 0 Å². The molecule has 0 fully saturated rings. The van der Waals surface area contributed by atoms with Crippen LogP contribution in [0.5, 0.6) is 11.5 Å². The van der Waals surface area contributed by atoms with E-state index in [0.29, 0.717) is 46.2 Å². The van der Waals surface area contributed by atoms with E-state index in [9.17, 15) is 9.59 Å². The number of nitrogens with zero attached hydrogens (tertiary/aromatic N) is 3. The highest BCUT2D eigenvalue weighted by atomic mass is 32.2. The zero-order valence-electron chi connectivity index (χ0n) is 17.3. The monoisotopic (exact) mass is 439 g/mol. The van der Waals surface area contributed by atoms with Crippen molar-refractivity contribution in [1.29, 1.82) is 0 Å². The van der Waals surface area contributed by atoms with Crippen LogP contribution in [0.15, 0.2) is 47.0 Å². The zero-order chi connectivity index (χ0) is 22.0. The first-order valence-electron chi connectivity index (χ1n) is 9.60. The SMILES string of the molecule is COc1cc(OC)cc(-c2noc([C@H](CCSC)N3C(=O)c4ccccc4C3=O)n2)c1. The van der Waals surface area contributed by atoms with Gasteiger partial charge in [0.2, 0.25) is 11.7 Å². The summed E-state index contributed by atoms with van der Waals surface area (Å²) in [7, 11) is 3.11. The molecule has 1 aliphatic heterocycles. The van der Waals surface area contributed by atoms with E-state index in [-0.39, 0.29) is 17.7 Å². The molecular weight excluding hydrogens is 418 g/mol. The molecule has 0 saturated carbocycles. The number of aromatic nitrogens is 2. The zero-order valence-corrected chi connectivity index (χ0v) is 18.1. The smallest absolute Gasteiger partial charge is 0.262 e. The molecule has 31 heavy (non-hydrogen) atoms. The average molecular weight is 439 g/mol. The summed E-state index contributed by atoms with van der Waals surface area (Å²) in [6, 6.07) is 11.4. The lowest BCUT2D eigenvalue weighted by Gasteiger charge is -2.22. The summed E-state index contributed by atoms with van der Waals surface area (Å²) in [5.74, 6) is 1.70. The number of carbonyl (C=O) groups excluding carboxylic acids is 2. The maximum Gasteiger partial charge on any atom is 0.262 e. The molecule has 9 heteroatoms. The van der Waals surface area contributed by atoms with Crippen LogP contribution in [0.2, 0.25) is 0 Å². The van der Waals surface area contributed by atoms with Crippen LogP contribution in [-0.2, 0) is 0 Å². The van der Waals surface area contributed by atoms with Crippen LogP contribution in [0, 0.1) is 0 Å². The minimum absolute atomic E-state index is 0.209. The maximum atomic E-state index is 13.0. The summed E-state index contributed by atoms with van der Waals surface area (Å²) in [4.78, 5) is 31.8. The highest BCUT2D eigenvalue weighted by Crippen LogP contribution is 2.35. The van der Waals surface area contributed by atoms with Crippen molar-refractivity contribution >= 4 is 23.6 Å². The van der Waals surface area contributed by atoms with Crippen LogP contribution < -0.4 is 9.47 Å². The van der Waals surface area contributed by atoms with E-state index in [1.807, 2.05) is 6.26 Å². The number of hydrogen-bond donors (Lipinski definition) is 0. The van der Waals surface area contributed by atoms with Crippen molar-refractivity contribution in [2.75, 3.05) is 26.2 Å². The molecule has 2 heterocycles. The van der Waals surface area contributed by atoms with Gasteiger partial charge in [-0.1, -0.05) is 17.3 Å². The highest BCUT2D eigenvalue weighted by molar-refractivity contribution is 7.98. The quantitative estimate of drug-likeness (QED) is 0.489. The van der Waals surface area contributed by atoms with Crippen molar-refractivity contribution in [3.8, 4) is 22.9 Å². The van der Waals surface area contributed by atoms with Crippen LogP contribution in [0.3, 0.4) is 0 Å². The van der Waals surface area contributed by atoms with Crippen LogP contribution in [0.1, 0.15) is 39.1 Å². The van der Waals surface area contributed by atoms with Gasteiger partial charge in [0.05, 0.1) is 25.3 Å². The molecule has 2 aromatic carbocycles. The van der Waals surface area contributed by atoms with Gasteiger partial charge in [-0.25, -0.2) is 0 Å². The fraction of sp³-hybridized carbons (Fsp3) is 0.273. The Hall–Kier alpha value is -3.33. The molecular formula is C22H21N3O5S. The van der Waals surface area contributed by atoms with Crippen LogP contribution in [0.4, 0.5) is 0 Å². The average Bonchev–Trinajstić information content (AvgIpc) is 3.39. The van der Waals surface area contributed by atoms with E-state index in [2.05, 4.69) is 10.1 Å². The van der Waals surface area contributed by atoms with E-state index >= 15 is 0 Å². The number of methoxy groups -OCH3 is 2. The maximum absolute atomic E-state index is 13.0. The van der Waals surface area contributed by atoms with Crippen molar-refractivity contribution in [3.05, 3.63) is 59.5 Å². The largest absolute Gasteiger partial charge is 0.497 e. The fourth-order valence-corrected chi connectivity index (χ4v) is 3.97. The number of hydrogen-bond acceptors (Lipinski definition) is 8. The number of amides is 2. The molecule has 3 aromatic rings. The second-order valence-corrected chi connectivity index (χ2v) is 7.87. The third kappa shape index (κ3) is 3.88. The van der Waals surface area contributed by atoms with Crippen molar-refractivity contribution in [1.82, 2.24) is 15.0 Å². The predicted molar refractivity (Wildman–Crippen MR) is 116 cm³/mol. The Kier molecular flexibility index (Phi) is 5.94. The Labute approximate surface area is 183 Å². The van der Waals surface area contributed by atoms with Gasteiger partial charge in [0.1, 0.15) is 17.5 Å². The van der Waals surface area contributed by atoms with Crippen LogP contribution >= 0.6 is 11.8 Å². The van der Waals surface area contributed by atoms with E-state index in [0.717, 1.165) is 0 Å². The predicted octanol–water partition coefficient (Wildman–Crippen LogP) is 3.84. The number of imide groups is 1. The molecule has 8 nitrogen and oxygen atoms in total. The third-order valence-corrected chi connectivity index (χ3v) is 5.71. The van der Waals surface area contributed by atoms with E-state index in [4.69, 9.17) is 14.0 Å².